The van der Waals surface area contributed by atoms with E-state index in [0.29, 0.717) is 24.6 Å². The fraction of sp³-hybridized carbons (Fsp3) is 0.250. The molecule has 0 fully saturated rings. The molecule has 0 aliphatic rings. The van der Waals surface area contributed by atoms with Crippen LogP contribution >= 0.6 is 0 Å². The van der Waals surface area contributed by atoms with Crippen LogP contribution in [0.4, 0.5) is 11.4 Å². The Morgan fingerprint density at radius 1 is 1.19 bits per heavy atom. The highest BCUT2D eigenvalue weighted by molar-refractivity contribution is 5.56. The molecule has 0 aromatic heterocycles. The van der Waals surface area contributed by atoms with Gasteiger partial charge < -0.3 is 10.1 Å². The summed E-state index contributed by atoms with van der Waals surface area (Å²) in [5.74, 6) is 0.515. The van der Waals surface area contributed by atoms with Crippen molar-refractivity contribution < 1.29 is 9.66 Å². The molecular formula is C16H18N2O3. The molecule has 0 saturated heterocycles. The van der Waals surface area contributed by atoms with Crippen molar-refractivity contribution in [3.8, 4) is 5.75 Å². The van der Waals surface area contributed by atoms with Gasteiger partial charge in [0.1, 0.15) is 5.75 Å². The number of rotatable bonds is 7. The molecule has 0 radical (unpaired) electrons. The summed E-state index contributed by atoms with van der Waals surface area (Å²) in [6.45, 7) is 3.14. The van der Waals surface area contributed by atoms with Crippen molar-refractivity contribution in [2.24, 2.45) is 0 Å². The van der Waals surface area contributed by atoms with Crippen molar-refractivity contribution in [1.29, 1.82) is 0 Å². The Kier molecular flexibility index (Phi) is 5.15. The van der Waals surface area contributed by atoms with Gasteiger partial charge in [-0.2, -0.15) is 0 Å². The molecule has 0 atom stereocenters. The van der Waals surface area contributed by atoms with E-state index in [4.69, 9.17) is 4.74 Å². The van der Waals surface area contributed by atoms with Gasteiger partial charge in [-0.15, -0.1) is 0 Å². The Morgan fingerprint density at radius 2 is 1.95 bits per heavy atom. The number of ether oxygens (including phenoxy) is 1. The van der Waals surface area contributed by atoms with Crippen molar-refractivity contribution in [1.82, 2.24) is 0 Å². The van der Waals surface area contributed by atoms with E-state index < -0.39 is 4.92 Å². The predicted octanol–water partition coefficient (Wildman–Crippen LogP) is 4.00. The second-order valence-electron chi connectivity index (χ2n) is 4.66. The molecule has 5 nitrogen and oxygen atoms in total. The van der Waals surface area contributed by atoms with E-state index in [2.05, 4.69) is 5.32 Å². The summed E-state index contributed by atoms with van der Waals surface area (Å²) in [5.41, 5.74) is 1.82. The summed E-state index contributed by atoms with van der Waals surface area (Å²) in [5, 5.41) is 14.2. The molecule has 0 aliphatic heterocycles. The SMILES string of the molecule is CCCOc1cc(NCc2ccccc2)cc([N+](=O)[O-])c1. The highest BCUT2D eigenvalue weighted by atomic mass is 16.6. The Balaban J connectivity index is 2.13. The van der Waals surface area contributed by atoms with Crippen LogP contribution in [-0.4, -0.2) is 11.5 Å². The zero-order chi connectivity index (χ0) is 15.1. The molecule has 2 rings (SSSR count). The number of nitro groups is 1. The Hall–Kier alpha value is -2.56. The molecule has 0 aliphatic carbocycles. The third-order valence-electron chi connectivity index (χ3n) is 2.91. The van der Waals surface area contributed by atoms with Gasteiger partial charge in [-0.05, 0) is 12.0 Å². The molecule has 0 heterocycles. The van der Waals surface area contributed by atoms with E-state index in [0.717, 1.165) is 12.0 Å². The summed E-state index contributed by atoms with van der Waals surface area (Å²) < 4.78 is 5.49. The van der Waals surface area contributed by atoms with E-state index in [1.165, 1.54) is 12.1 Å². The third kappa shape index (κ3) is 4.49. The lowest BCUT2D eigenvalue weighted by Gasteiger charge is -2.10. The molecule has 2 aromatic carbocycles. The molecule has 0 unspecified atom stereocenters. The zero-order valence-corrected chi connectivity index (χ0v) is 11.9. The van der Waals surface area contributed by atoms with Crippen LogP contribution in [0.25, 0.3) is 0 Å². The van der Waals surface area contributed by atoms with Crippen LogP contribution in [0.5, 0.6) is 5.75 Å². The van der Waals surface area contributed by atoms with Gasteiger partial charge in [-0.1, -0.05) is 37.3 Å². The number of nitrogens with one attached hydrogen (secondary N) is 1. The lowest BCUT2D eigenvalue weighted by atomic mass is 10.2. The smallest absolute Gasteiger partial charge is 0.275 e. The summed E-state index contributed by atoms with van der Waals surface area (Å²) in [6.07, 6.45) is 0.857. The molecular weight excluding hydrogens is 268 g/mol. The molecule has 0 spiro atoms. The van der Waals surface area contributed by atoms with E-state index in [1.807, 2.05) is 37.3 Å². The zero-order valence-electron chi connectivity index (χ0n) is 11.9. The molecule has 0 amide bonds. The first-order valence-corrected chi connectivity index (χ1v) is 6.89. The van der Waals surface area contributed by atoms with E-state index in [-0.39, 0.29) is 5.69 Å². The number of hydrogen-bond donors (Lipinski definition) is 1. The second-order valence-corrected chi connectivity index (χ2v) is 4.66. The Morgan fingerprint density at radius 3 is 2.62 bits per heavy atom. The highest BCUT2D eigenvalue weighted by Gasteiger charge is 2.10. The first-order valence-electron chi connectivity index (χ1n) is 6.89. The first-order chi connectivity index (χ1) is 10.2. The van der Waals surface area contributed by atoms with Gasteiger partial charge >= 0.3 is 0 Å². The van der Waals surface area contributed by atoms with Crippen molar-refractivity contribution >= 4 is 11.4 Å². The minimum atomic E-state index is -0.410. The first kappa shape index (κ1) is 14.8. The topological polar surface area (TPSA) is 64.4 Å². The van der Waals surface area contributed by atoms with Crippen LogP contribution < -0.4 is 10.1 Å². The maximum Gasteiger partial charge on any atom is 0.275 e. The van der Waals surface area contributed by atoms with E-state index in [1.54, 1.807) is 6.07 Å². The van der Waals surface area contributed by atoms with E-state index in [9.17, 15) is 10.1 Å². The van der Waals surface area contributed by atoms with Crippen LogP contribution in [0, 0.1) is 10.1 Å². The third-order valence-corrected chi connectivity index (χ3v) is 2.91. The number of anilines is 1. The van der Waals surface area contributed by atoms with Crippen LogP contribution in [0.15, 0.2) is 48.5 Å². The number of hydrogen-bond acceptors (Lipinski definition) is 4. The fourth-order valence-corrected chi connectivity index (χ4v) is 1.89. The van der Waals surface area contributed by atoms with Crippen molar-refractivity contribution in [2.45, 2.75) is 19.9 Å². The van der Waals surface area contributed by atoms with Gasteiger partial charge in [0, 0.05) is 24.4 Å². The Labute approximate surface area is 123 Å². The van der Waals surface area contributed by atoms with Crippen molar-refractivity contribution in [3.05, 3.63) is 64.2 Å². The lowest BCUT2D eigenvalue weighted by molar-refractivity contribution is -0.384. The average molecular weight is 286 g/mol. The fourth-order valence-electron chi connectivity index (χ4n) is 1.89. The van der Waals surface area contributed by atoms with Crippen LogP contribution in [0.2, 0.25) is 0 Å². The van der Waals surface area contributed by atoms with Gasteiger partial charge in [0.15, 0.2) is 0 Å². The molecule has 21 heavy (non-hydrogen) atoms. The number of nitro benzene ring substituents is 1. The minimum absolute atomic E-state index is 0.0270. The molecule has 2 aromatic rings. The summed E-state index contributed by atoms with van der Waals surface area (Å²) in [7, 11) is 0. The summed E-state index contributed by atoms with van der Waals surface area (Å²) in [4.78, 5) is 10.6. The number of benzene rings is 2. The number of non-ortho nitro benzene ring substituents is 1. The van der Waals surface area contributed by atoms with Crippen LogP contribution in [0.3, 0.4) is 0 Å². The minimum Gasteiger partial charge on any atom is -0.493 e. The van der Waals surface area contributed by atoms with Gasteiger partial charge in [0.25, 0.3) is 5.69 Å². The lowest BCUT2D eigenvalue weighted by Crippen LogP contribution is -2.02. The largest absolute Gasteiger partial charge is 0.493 e. The number of nitrogens with zero attached hydrogens (tertiary/aromatic N) is 1. The van der Waals surface area contributed by atoms with Crippen molar-refractivity contribution in [2.75, 3.05) is 11.9 Å². The maximum absolute atomic E-state index is 11.0. The normalized spacial score (nSPS) is 10.1. The monoisotopic (exact) mass is 286 g/mol. The second kappa shape index (κ2) is 7.28. The van der Waals surface area contributed by atoms with Gasteiger partial charge in [-0.3, -0.25) is 10.1 Å². The molecule has 0 bridgehead atoms. The van der Waals surface area contributed by atoms with Gasteiger partial charge in [-0.25, -0.2) is 0 Å². The molecule has 5 heteroatoms. The van der Waals surface area contributed by atoms with Crippen LogP contribution in [-0.2, 0) is 6.54 Å². The van der Waals surface area contributed by atoms with Crippen LogP contribution in [0.1, 0.15) is 18.9 Å². The predicted molar refractivity (Wildman–Crippen MR) is 82.7 cm³/mol. The maximum atomic E-state index is 11.0. The highest BCUT2D eigenvalue weighted by Crippen LogP contribution is 2.26. The van der Waals surface area contributed by atoms with Gasteiger partial charge in [0.05, 0.1) is 17.6 Å². The average Bonchev–Trinajstić information content (AvgIpc) is 2.51. The summed E-state index contributed by atoms with van der Waals surface area (Å²) in [6, 6.07) is 14.6. The summed E-state index contributed by atoms with van der Waals surface area (Å²) >= 11 is 0. The van der Waals surface area contributed by atoms with E-state index >= 15 is 0 Å². The molecule has 1 N–H and O–H groups in total. The van der Waals surface area contributed by atoms with Crippen molar-refractivity contribution in [3.63, 3.8) is 0 Å². The standard InChI is InChI=1S/C16H18N2O3/c1-2-8-21-16-10-14(9-15(11-16)18(19)20)17-12-13-6-4-3-5-7-13/h3-7,9-11,17H,2,8,12H2,1H3. The Bertz CT molecular complexity index is 600. The van der Waals surface area contributed by atoms with Gasteiger partial charge in [0.2, 0.25) is 0 Å². The molecule has 110 valence electrons. The molecule has 0 saturated carbocycles. The quantitative estimate of drug-likeness (QED) is 0.617.